The minimum atomic E-state index is -1.35. The fraction of sp³-hybridized carbons (Fsp3) is 0.300. The van der Waals surface area contributed by atoms with E-state index < -0.39 is 43.4 Å². The van der Waals surface area contributed by atoms with Gasteiger partial charge in [-0.1, -0.05) is 6.92 Å². The molecule has 0 radical (unpaired) electrons. The molecule has 1 aromatic rings. The van der Waals surface area contributed by atoms with Crippen molar-refractivity contribution in [2.24, 2.45) is 0 Å². The molecule has 0 atom stereocenters. The van der Waals surface area contributed by atoms with E-state index in [1.165, 1.54) is 0 Å². The molecule has 0 aliphatic carbocycles. The molecule has 1 rings (SSSR count). The Morgan fingerprint density at radius 3 is 2.05 bits per heavy atom. The smallest absolute Gasteiger partial charge is 0.423 e. The molecule has 0 fully saturated rings. The van der Waals surface area contributed by atoms with Crippen LogP contribution in [0.5, 0.6) is 0 Å². The van der Waals surface area contributed by atoms with Gasteiger partial charge in [0.25, 0.3) is 0 Å². The largest absolute Gasteiger partial charge is 0.462 e. The van der Waals surface area contributed by atoms with Crippen LogP contribution in [0.15, 0.2) is 12.1 Å². The van der Waals surface area contributed by atoms with E-state index in [4.69, 9.17) is 0 Å². The summed E-state index contributed by atoms with van der Waals surface area (Å²) in [5.74, 6) is -1.15. The van der Waals surface area contributed by atoms with Crippen molar-refractivity contribution >= 4 is 23.0 Å². The van der Waals surface area contributed by atoms with Crippen LogP contribution in [0, 0.1) is 30.3 Å². The molecule has 0 aliphatic rings. The number of nitro groups is 3. The summed E-state index contributed by atoms with van der Waals surface area (Å²) in [6.07, 6.45) is 0.439. The summed E-state index contributed by atoms with van der Waals surface area (Å²) in [5.41, 5.74) is -4.38. The molecule has 0 unspecified atom stereocenters. The molecule has 0 N–H and O–H groups in total. The summed E-state index contributed by atoms with van der Waals surface area (Å²) < 4.78 is 4.67. The third-order valence-corrected chi connectivity index (χ3v) is 2.35. The van der Waals surface area contributed by atoms with Crippen LogP contribution in [0.1, 0.15) is 23.7 Å². The first-order valence-corrected chi connectivity index (χ1v) is 5.58. The fourth-order valence-electron chi connectivity index (χ4n) is 1.52. The average molecular weight is 299 g/mol. The number of ether oxygens (including phenoxy) is 1. The van der Waals surface area contributed by atoms with Crippen LogP contribution in [-0.2, 0) is 4.74 Å². The van der Waals surface area contributed by atoms with E-state index in [1.54, 1.807) is 6.92 Å². The molecular weight excluding hydrogens is 290 g/mol. The topological polar surface area (TPSA) is 156 Å². The Morgan fingerprint density at radius 1 is 1.05 bits per heavy atom. The molecule has 0 aliphatic heterocycles. The van der Waals surface area contributed by atoms with Crippen molar-refractivity contribution in [2.75, 3.05) is 6.61 Å². The van der Waals surface area contributed by atoms with E-state index in [0.29, 0.717) is 12.5 Å². The second kappa shape index (κ2) is 6.36. The predicted octanol–water partition coefficient (Wildman–Crippen LogP) is 1.98. The molecule has 0 amide bonds. The Kier molecular flexibility index (Phi) is 4.83. The van der Waals surface area contributed by atoms with Crippen LogP contribution >= 0.6 is 0 Å². The Balaban J connectivity index is 3.57. The number of carbonyl (C=O) groups excluding carboxylic acids is 1. The zero-order valence-electron chi connectivity index (χ0n) is 10.7. The summed E-state index contributed by atoms with van der Waals surface area (Å²) in [7, 11) is 0. The molecule has 0 bridgehead atoms. The van der Waals surface area contributed by atoms with E-state index in [0.717, 1.165) is 6.07 Å². The number of nitrogens with zero attached hydrogens (tertiary/aromatic N) is 3. The van der Waals surface area contributed by atoms with E-state index >= 15 is 0 Å². The Bertz CT molecular complexity index is 627. The standard InChI is InChI=1S/C10H9N3O8/c1-2-5-21-10(14)6-3-4-7(11(15)16)9(13(19)20)8(6)12(17)18/h3-4H,2,5H2,1H3. The number of nitro benzene ring substituents is 3. The molecular formula is C10H9N3O8. The number of rotatable bonds is 6. The molecule has 0 aromatic heterocycles. The highest BCUT2D eigenvalue weighted by atomic mass is 16.6. The van der Waals surface area contributed by atoms with Gasteiger partial charge in [-0.15, -0.1) is 0 Å². The number of carbonyl (C=O) groups is 1. The van der Waals surface area contributed by atoms with Crippen LogP contribution in [0.25, 0.3) is 0 Å². The van der Waals surface area contributed by atoms with E-state index in [1.807, 2.05) is 0 Å². The molecule has 0 saturated carbocycles. The third kappa shape index (κ3) is 3.26. The zero-order chi connectivity index (χ0) is 16.2. The lowest BCUT2D eigenvalue weighted by molar-refractivity contribution is -0.441. The van der Waals surface area contributed by atoms with E-state index in [2.05, 4.69) is 4.74 Å². The van der Waals surface area contributed by atoms with Gasteiger partial charge in [0.15, 0.2) is 0 Å². The van der Waals surface area contributed by atoms with Gasteiger partial charge in [-0.25, -0.2) is 4.79 Å². The SMILES string of the molecule is CCCOC(=O)c1ccc([N+](=O)[O-])c([N+](=O)[O-])c1[N+](=O)[O-]. The average Bonchev–Trinajstić information content (AvgIpc) is 2.42. The van der Waals surface area contributed by atoms with Gasteiger partial charge in [0.1, 0.15) is 5.56 Å². The van der Waals surface area contributed by atoms with Gasteiger partial charge in [0.05, 0.1) is 21.4 Å². The Morgan fingerprint density at radius 2 is 1.62 bits per heavy atom. The second-order valence-electron chi connectivity index (χ2n) is 3.74. The van der Waals surface area contributed by atoms with Gasteiger partial charge in [-0.3, -0.25) is 30.3 Å². The van der Waals surface area contributed by atoms with Crippen molar-refractivity contribution in [2.45, 2.75) is 13.3 Å². The lowest BCUT2D eigenvalue weighted by atomic mass is 10.1. The molecule has 1 aromatic carbocycles. The quantitative estimate of drug-likeness (QED) is 0.438. The van der Waals surface area contributed by atoms with Crippen molar-refractivity contribution in [3.63, 3.8) is 0 Å². The number of benzene rings is 1. The van der Waals surface area contributed by atoms with Crippen LogP contribution in [0.4, 0.5) is 17.1 Å². The fourth-order valence-corrected chi connectivity index (χ4v) is 1.52. The van der Waals surface area contributed by atoms with Crippen molar-refractivity contribution in [1.29, 1.82) is 0 Å². The first-order chi connectivity index (χ1) is 9.81. The van der Waals surface area contributed by atoms with Gasteiger partial charge in [0, 0.05) is 6.07 Å². The van der Waals surface area contributed by atoms with Crippen LogP contribution < -0.4 is 0 Å². The summed E-state index contributed by atoms with van der Waals surface area (Å²) in [6, 6.07) is 1.43. The molecule has 0 spiro atoms. The lowest BCUT2D eigenvalue weighted by Gasteiger charge is -2.04. The minimum Gasteiger partial charge on any atom is -0.462 e. The number of hydrogen-bond donors (Lipinski definition) is 0. The van der Waals surface area contributed by atoms with Crippen molar-refractivity contribution < 1.29 is 24.3 Å². The first kappa shape index (κ1) is 15.9. The highest BCUT2D eigenvalue weighted by Gasteiger charge is 2.40. The number of esters is 1. The third-order valence-electron chi connectivity index (χ3n) is 2.35. The normalized spacial score (nSPS) is 9.95. The van der Waals surface area contributed by atoms with Crippen molar-refractivity contribution in [1.82, 2.24) is 0 Å². The molecule has 21 heavy (non-hydrogen) atoms. The van der Waals surface area contributed by atoms with Gasteiger partial charge in [0.2, 0.25) is 0 Å². The maximum Gasteiger partial charge on any atom is 0.423 e. The van der Waals surface area contributed by atoms with Gasteiger partial charge >= 0.3 is 23.0 Å². The lowest BCUT2D eigenvalue weighted by Crippen LogP contribution is -2.11. The highest BCUT2D eigenvalue weighted by molar-refractivity contribution is 5.97. The molecule has 11 heteroatoms. The van der Waals surface area contributed by atoms with Crippen molar-refractivity contribution in [3.05, 3.63) is 48.0 Å². The minimum absolute atomic E-state index is 0.0409. The van der Waals surface area contributed by atoms with Gasteiger partial charge in [-0.05, 0) is 12.5 Å². The highest BCUT2D eigenvalue weighted by Crippen LogP contribution is 2.39. The molecule has 112 valence electrons. The molecule has 11 nitrogen and oxygen atoms in total. The summed E-state index contributed by atoms with van der Waals surface area (Å²) >= 11 is 0. The first-order valence-electron chi connectivity index (χ1n) is 5.58. The van der Waals surface area contributed by atoms with Crippen LogP contribution in [-0.4, -0.2) is 27.3 Å². The molecule has 0 heterocycles. The monoisotopic (exact) mass is 299 g/mol. The predicted molar refractivity (Wildman–Crippen MR) is 67.0 cm³/mol. The number of hydrogen-bond acceptors (Lipinski definition) is 8. The van der Waals surface area contributed by atoms with Gasteiger partial charge < -0.3 is 4.74 Å². The maximum atomic E-state index is 11.7. The summed E-state index contributed by atoms with van der Waals surface area (Å²) in [6.45, 7) is 1.64. The Hall–Kier alpha value is -3.11. The molecule has 0 saturated heterocycles. The van der Waals surface area contributed by atoms with Crippen LogP contribution in [0.3, 0.4) is 0 Å². The summed E-state index contributed by atoms with van der Waals surface area (Å²) in [5, 5.41) is 32.6. The van der Waals surface area contributed by atoms with E-state index in [9.17, 15) is 35.1 Å². The second-order valence-corrected chi connectivity index (χ2v) is 3.74. The Labute approximate surface area is 116 Å². The summed E-state index contributed by atoms with van der Waals surface area (Å²) in [4.78, 5) is 40.6. The van der Waals surface area contributed by atoms with Crippen molar-refractivity contribution in [3.8, 4) is 0 Å². The van der Waals surface area contributed by atoms with Crippen LogP contribution in [0.2, 0.25) is 0 Å². The van der Waals surface area contributed by atoms with Gasteiger partial charge in [-0.2, -0.15) is 0 Å². The van der Waals surface area contributed by atoms with E-state index in [-0.39, 0.29) is 6.61 Å². The maximum absolute atomic E-state index is 11.7. The zero-order valence-corrected chi connectivity index (χ0v) is 10.7.